The zero-order valence-electron chi connectivity index (χ0n) is 11.9. The van der Waals surface area contributed by atoms with Crippen LogP contribution in [0.5, 0.6) is 5.75 Å². The van der Waals surface area contributed by atoms with Crippen molar-refractivity contribution in [2.24, 2.45) is 0 Å². The van der Waals surface area contributed by atoms with Crippen molar-refractivity contribution in [3.63, 3.8) is 0 Å². The van der Waals surface area contributed by atoms with E-state index in [0.717, 1.165) is 0 Å². The summed E-state index contributed by atoms with van der Waals surface area (Å²) in [5.74, 6) is -0.0828. The summed E-state index contributed by atoms with van der Waals surface area (Å²) in [5, 5.41) is 5.27. The predicted octanol–water partition coefficient (Wildman–Crippen LogP) is 2.83. The number of benzene rings is 2. The minimum atomic E-state index is -0.329. The highest BCUT2D eigenvalue weighted by atomic mass is 79.9. The molecule has 2 aromatic carbocycles. The molecule has 0 saturated carbocycles. The molecule has 0 aliphatic heterocycles. The maximum absolute atomic E-state index is 12.0. The van der Waals surface area contributed by atoms with Crippen LogP contribution < -0.4 is 15.4 Å². The van der Waals surface area contributed by atoms with Gasteiger partial charge in [-0.15, -0.1) is 0 Å². The number of halogens is 1. The molecule has 22 heavy (non-hydrogen) atoms. The van der Waals surface area contributed by atoms with Crippen molar-refractivity contribution in [3.05, 3.63) is 58.6 Å². The van der Waals surface area contributed by atoms with Gasteiger partial charge >= 0.3 is 0 Å². The van der Waals surface area contributed by atoms with Gasteiger partial charge < -0.3 is 15.4 Å². The van der Waals surface area contributed by atoms with Gasteiger partial charge in [-0.05, 0) is 40.2 Å². The Morgan fingerprint density at radius 2 is 1.77 bits per heavy atom. The second-order valence-corrected chi connectivity index (χ2v) is 5.27. The van der Waals surface area contributed by atoms with Gasteiger partial charge in [-0.25, -0.2) is 0 Å². The first-order valence-electron chi connectivity index (χ1n) is 6.57. The molecule has 0 unspecified atom stereocenters. The van der Waals surface area contributed by atoms with Crippen molar-refractivity contribution < 1.29 is 14.3 Å². The second-order valence-electron chi connectivity index (χ2n) is 4.41. The van der Waals surface area contributed by atoms with Gasteiger partial charge in [-0.2, -0.15) is 0 Å². The number of carbonyl (C=O) groups excluding carboxylic acids is 2. The maximum Gasteiger partial charge on any atom is 0.252 e. The number of methoxy groups -OCH3 is 1. The Bertz CT molecular complexity index is 689. The topological polar surface area (TPSA) is 67.4 Å². The third-order valence-corrected chi connectivity index (χ3v) is 3.60. The molecule has 2 aromatic rings. The summed E-state index contributed by atoms with van der Waals surface area (Å²) in [6, 6.07) is 14.1. The average Bonchev–Trinajstić information content (AvgIpc) is 2.53. The Labute approximate surface area is 136 Å². The van der Waals surface area contributed by atoms with Gasteiger partial charge in [0.05, 0.1) is 24.9 Å². The number of hydrogen-bond donors (Lipinski definition) is 2. The molecule has 0 atom stereocenters. The van der Waals surface area contributed by atoms with E-state index in [0.29, 0.717) is 21.5 Å². The lowest BCUT2D eigenvalue weighted by molar-refractivity contribution is -0.115. The van der Waals surface area contributed by atoms with Crippen LogP contribution in [0.25, 0.3) is 0 Å². The standard InChI is InChI=1S/C16H15BrN2O3/c1-22-14-9-5-4-8-13(14)19-15(20)10-18-16(21)11-6-2-3-7-12(11)17/h2-9H,10H2,1H3,(H,18,21)(H,19,20). The fraction of sp³-hybridized carbons (Fsp3) is 0.125. The zero-order valence-corrected chi connectivity index (χ0v) is 13.5. The number of para-hydroxylation sites is 2. The summed E-state index contributed by atoms with van der Waals surface area (Å²) in [6.07, 6.45) is 0. The monoisotopic (exact) mass is 362 g/mol. The lowest BCUT2D eigenvalue weighted by Crippen LogP contribution is -2.33. The average molecular weight is 363 g/mol. The van der Waals surface area contributed by atoms with Gasteiger partial charge in [-0.3, -0.25) is 9.59 Å². The summed E-state index contributed by atoms with van der Waals surface area (Å²) >= 11 is 3.30. The number of carbonyl (C=O) groups is 2. The molecular weight excluding hydrogens is 348 g/mol. The van der Waals surface area contributed by atoms with Gasteiger partial charge in [0, 0.05) is 4.47 Å². The SMILES string of the molecule is COc1ccccc1NC(=O)CNC(=O)c1ccccc1Br. The molecule has 0 saturated heterocycles. The number of nitrogens with one attached hydrogen (secondary N) is 2. The van der Waals surface area contributed by atoms with E-state index in [1.165, 1.54) is 7.11 Å². The molecule has 0 fully saturated rings. The van der Waals surface area contributed by atoms with Crippen molar-refractivity contribution in [3.8, 4) is 5.75 Å². The largest absolute Gasteiger partial charge is 0.495 e. The van der Waals surface area contributed by atoms with Crippen LogP contribution in [-0.4, -0.2) is 25.5 Å². The van der Waals surface area contributed by atoms with Crippen LogP contribution >= 0.6 is 15.9 Å². The molecule has 0 heterocycles. The van der Waals surface area contributed by atoms with Gasteiger partial charge in [0.2, 0.25) is 5.91 Å². The third kappa shape index (κ3) is 4.08. The molecule has 0 aliphatic rings. The maximum atomic E-state index is 12.0. The quantitative estimate of drug-likeness (QED) is 0.859. The van der Waals surface area contributed by atoms with E-state index >= 15 is 0 Å². The normalized spacial score (nSPS) is 9.91. The molecule has 0 spiro atoms. The molecule has 2 amide bonds. The fourth-order valence-corrected chi connectivity index (χ4v) is 2.31. The van der Waals surface area contributed by atoms with Gasteiger partial charge in [0.15, 0.2) is 0 Å². The summed E-state index contributed by atoms with van der Waals surface area (Å²) in [6.45, 7) is -0.127. The van der Waals surface area contributed by atoms with Crippen molar-refractivity contribution in [1.82, 2.24) is 5.32 Å². The van der Waals surface area contributed by atoms with Crippen molar-refractivity contribution in [1.29, 1.82) is 0 Å². The summed E-state index contributed by atoms with van der Waals surface area (Å²) in [5.41, 5.74) is 1.04. The number of rotatable bonds is 5. The molecule has 6 heteroatoms. The first-order chi connectivity index (χ1) is 10.6. The van der Waals surface area contributed by atoms with Crippen LogP contribution in [0.2, 0.25) is 0 Å². The predicted molar refractivity (Wildman–Crippen MR) is 88.1 cm³/mol. The molecule has 0 bridgehead atoms. The minimum absolute atomic E-state index is 0.127. The Balaban J connectivity index is 1.93. The lowest BCUT2D eigenvalue weighted by Gasteiger charge is -2.10. The Morgan fingerprint density at radius 3 is 2.50 bits per heavy atom. The first-order valence-corrected chi connectivity index (χ1v) is 7.36. The van der Waals surface area contributed by atoms with E-state index in [1.54, 1.807) is 36.4 Å². The van der Waals surface area contributed by atoms with E-state index in [1.807, 2.05) is 12.1 Å². The van der Waals surface area contributed by atoms with Crippen molar-refractivity contribution >= 4 is 33.4 Å². The number of ether oxygens (including phenoxy) is 1. The van der Waals surface area contributed by atoms with Crippen LogP contribution in [0.4, 0.5) is 5.69 Å². The van der Waals surface area contributed by atoms with Crippen molar-refractivity contribution in [2.45, 2.75) is 0 Å². The second kappa shape index (κ2) is 7.61. The highest BCUT2D eigenvalue weighted by Crippen LogP contribution is 2.22. The summed E-state index contributed by atoms with van der Waals surface area (Å²) in [7, 11) is 1.53. The van der Waals surface area contributed by atoms with Crippen LogP contribution in [0.1, 0.15) is 10.4 Å². The number of anilines is 1. The Hall–Kier alpha value is -2.34. The van der Waals surface area contributed by atoms with E-state index in [4.69, 9.17) is 4.74 Å². The number of hydrogen-bond acceptors (Lipinski definition) is 3. The lowest BCUT2D eigenvalue weighted by atomic mass is 10.2. The molecular formula is C16H15BrN2O3. The molecule has 2 N–H and O–H groups in total. The van der Waals surface area contributed by atoms with E-state index in [-0.39, 0.29) is 18.4 Å². The number of amides is 2. The summed E-state index contributed by atoms with van der Waals surface area (Å²) < 4.78 is 5.83. The molecule has 2 rings (SSSR count). The molecule has 0 aromatic heterocycles. The fourth-order valence-electron chi connectivity index (χ4n) is 1.84. The Kier molecular flexibility index (Phi) is 5.55. The van der Waals surface area contributed by atoms with E-state index in [2.05, 4.69) is 26.6 Å². The van der Waals surface area contributed by atoms with Crippen LogP contribution in [0.3, 0.4) is 0 Å². The minimum Gasteiger partial charge on any atom is -0.495 e. The van der Waals surface area contributed by atoms with Gasteiger partial charge in [-0.1, -0.05) is 24.3 Å². The van der Waals surface area contributed by atoms with Crippen LogP contribution in [0, 0.1) is 0 Å². The molecule has 5 nitrogen and oxygen atoms in total. The van der Waals surface area contributed by atoms with Crippen LogP contribution in [0.15, 0.2) is 53.0 Å². The highest BCUT2D eigenvalue weighted by Gasteiger charge is 2.11. The van der Waals surface area contributed by atoms with Crippen LogP contribution in [-0.2, 0) is 4.79 Å². The van der Waals surface area contributed by atoms with Gasteiger partial charge in [0.1, 0.15) is 5.75 Å². The molecule has 0 radical (unpaired) electrons. The smallest absolute Gasteiger partial charge is 0.252 e. The third-order valence-electron chi connectivity index (χ3n) is 2.91. The van der Waals surface area contributed by atoms with Crippen molar-refractivity contribution in [2.75, 3.05) is 19.0 Å². The summed E-state index contributed by atoms with van der Waals surface area (Å²) in [4.78, 5) is 23.9. The van der Waals surface area contributed by atoms with Gasteiger partial charge in [0.25, 0.3) is 5.91 Å². The van der Waals surface area contributed by atoms with E-state index in [9.17, 15) is 9.59 Å². The highest BCUT2D eigenvalue weighted by molar-refractivity contribution is 9.10. The molecule has 114 valence electrons. The first kappa shape index (κ1) is 16.0. The Morgan fingerprint density at radius 1 is 1.09 bits per heavy atom. The molecule has 0 aliphatic carbocycles. The van der Waals surface area contributed by atoms with E-state index < -0.39 is 0 Å². The zero-order chi connectivity index (χ0) is 15.9.